The molecule has 0 bridgehead atoms. The standard InChI is InChI=1S/C22H24N4O2/c1-14-8-9-19(15(2)10-14)26-13-17(12-20(26)27)21-23-22(28-24-21)16-6-5-7-18(11-16)25(3)4/h5-11,17H,12-13H2,1-4H3. The summed E-state index contributed by atoms with van der Waals surface area (Å²) in [5.74, 6) is 1.10. The number of hydrogen-bond donors (Lipinski definition) is 0. The molecule has 2 aromatic carbocycles. The summed E-state index contributed by atoms with van der Waals surface area (Å²) in [5, 5.41) is 4.17. The minimum Gasteiger partial charge on any atom is -0.378 e. The summed E-state index contributed by atoms with van der Waals surface area (Å²) < 4.78 is 5.50. The van der Waals surface area contributed by atoms with Crippen molar-refractivity contribution in [2.45, 2.75) is 26.2 Å². The SMILES string of the molecule is Cc1ccc(N2CC(c3noc(-c4cccc(N(C)C)c4)n3)CC2=O)c(C)c1. The maximum Gasteiger partial charge on any atom is 0.258 e. The van der Waals surface area contributed by atoms with Crippen molar-refractivity contribution in [2.75, 3.05) is 30.4 Å². The van der Waals surface area contributed by atoms with Crippen molar-refractivity contribution in [3.63, 3.8) is 0 Å². The Labute approximate surface area is 164 Å². The average molecular weight is 376 g/mol. The van der Waals surface area contributed by atoms with Gasteiger partial charge in [0.25, 0.3) is 5.89 Å². The van der Waals surface area contributed by atoms with E-state index in [9.17, 15) is 4.79 Å². The number of hydrogen-bond acceptors (Lipinski definition) is 5. The molecule has 1 aromatic heterocycles. The molecule has 1 saturated heterocycles. The predicted molar refractivity (Wildman–Crippen MR) is 110 cm³/mol. The van der Waals surface area contributed by atoms with Crippen LogP contribution in [0.2, 0.25) is 0 Å². The van der Waals surface area contributed by atoms with Crippen LogP contribution in [0.15, 0.2) is 47.0 Å². The monoisotopic (exact) mass is 376 g/mol. The number of benzene rings is 2. The van der Waals surface area contributed by atoms with Crippen LogP contribution in [0.3, 0.4) is 0 Å². The zero-order valence-corrected chi connectivity index (χ0v) is 16.6. The molecule has 4 rings (SSSR count). The van der Waals surface area contributed by atoms with E-state index in [1.165, 1.54) is 5.56 Å². The second-order valence-electron chi connectivity index (χ2n) is 7.60. The van der Waals surface area contributed by atoms with E-state index in [1.807, 2.05) is 67.2 Å². The van der Waals surface area contributed by atoms with Crippen molar-refractivity contribution >= 4 is 17.3 Å². The van der Waals surface area contributed by atoms with E-state index >= 15 is 0 Å². The van der Waals surface area contributed by atoms with Crippen molar-refractivity contribution in [3.8, 4) is 11.5 Å². The maximum atomic E-state index is 12.6. The van der Waals surface area contributed by atoms with Crippen molar-refractivity contribution in [3.05, 3.63) is 59.4 Å². The first-order valence-corrected chi connectivity index (χ1v) is 9.41. The van der Waals surface area contributed by atoms with E-state index in [4.69, 9.17) is 4.52 Å². The van der Waals surface area contributed by atoms with E-state index in [1.54, 1.807) is 0 Å². The van der Waals surface area contributed by atoms with Crippen LogP contribution < -0.4 is 9.80 Å². The van der Waals surface area contributed by atoms with Gasteiger partial charge in [-0.25, -0.2) is 0 Å². The lowest BCUT2D eigenvalue weighted by molar-refractivity contribution is -0.117. The summed E-state index contributed by atoms with van der Waals surface area (Å²) in [7, 11) is 3.98. The summed E-state index contributed by atoms with van der Waals surface area (Å²) in [6.45, 7) is 4.66. The Kier molecular flexibility index (Phi) is 4.63. The Morgan fingerprint density at radius 1 is 1.14 bits per heavy atom. The lowest BCUT2D eigenvalue weighted by Crippen LogP contribution is -2.25. The molecule has 1 atom stereocenters. The van der Waals surface area contributed by atoms with Crippen LogP contribution in [0.25, 0.3) is 11.5 Å². The summed E-state index contributed by atoms with van der Waals surface area (Å²) in [6.07, 6.45) is 0.393. The second kappa shape index (κ2) is 7.11. The zero-order chi connectivity index (χ0) is 19.8. The van der Waals surface area contributed by atoms with E-state index < -0.39 is 0 Å². The lowest BCUT2D eigenvalue weighted by atomic mass is 10.1. The third kappa shape index (κ3) is 3.38. The number of aromatic nitrogens is 2. The van der Waals surface area contributed by atoms with E-state index in [2.05, 4.69) is 23.1 Å². The summed E-state index contributed by atoms with van der Waals surface area (Å²) in [4.78, 5) is 21.1. The molecule has 6 heteroatoms. The van der Waals surface area contributed by atoms with Gasteiger partial charge in [-0.2, -0.15) is 4.98 Å². The fourth-order valence-corrected chi connectivity index (χ4v) is 3.66. The normalized spacial score (nSPS) is 16.6. The number of anilines is 2. The number of carbonyl (C=O) groups is 1. The summed E-state index contributed by atoms with van der Waals surface area (Å²) in [6, 6.07) is 14.1. The largest absolute Gasteiger partial charge is 0.378 e. The minimum absolute atomic E-state index is 0.0669. The highest BCUT2D eigenvalue weighted by Crippen LogP contribution is 2.33. The Morgan fingerprint density at radius 3 is 2.71 bits per heavy atom. The summed E-state index contributed by atoms with van der Waals surface area (Å²) >= 11 is 0. The highest BCUT2D eigenvalue weighted by Gasteiger charge is 2.35. The van der Waals surface area contributed by atoms with Gasteiger partial charge in [-0.1, -0.05) is 28.9 Å². The number of rotatable bonds is 4. The molecule has 0 saturated carbocycles. The number of carbonyl (C=O) groups excluding carboxylic acids is 1. The van der Waals surface area contributed by atoms with Gasteiger partial charge < -0.3 is 14.3 Å². The van der Waals surface area contributed by atoms with Crippen molar-refractivity contribution in [1.29, 1.82) is 0 Å². The molecule has 6 nitrogen and oxygen atoms in total. The second-order valence-corrected chi connectivity index (χ2v) is 7.60. The van der Waals surface area contributed by atoms with Gasteiger partial charge in [0, 0.05) is 49.9 Å². The zero-order valence-electron chi connectivity index (χ0n) is 16.6. The van der Waals surface area contributed by atoms with Crippen LogP contribution in [0, 0.1) is 13.8 Å². The first kappa shape index (κ1) is 18.2. The third-order valence-electron chi connectivity index (χ3n) is 5.18. The molecular weight excluding hydrogens is 352 g/mol. The smallest absolute Gasteiger partial charge is 0.258 e. The molecular formula is C22H24N4O2. The molecule has 0 radical (unpaired) electrons. The van der Waals surface area contributed by atoms with Gasteiger partial charge in [-0.3, -0.25) is 4.79 Å². The van der Waals surface area contributed by atoms with Crippen LogP contribution in [-0.4, -0.2) is 36.7 Å². The lowest BCUT2D eigenvalue weighted by Gasteiger charge is -2.19. The van der Waals surface area contributed by atoms with Gasteiger partial charge in [-0.15, -0.1) is 0 Å². The molecule has 144 valence electrons. The molecule has 2 heterocycles. The van der Waals surface area contributed by atoms with Gasteiger partial charge in [0.15, 0.2) is 5.82 Å². The molecule has 1 unspecified atom stereocenters. The number of amides is 1. The molecule has 0 N–H and O–H groups in total. The van der Waals surface area contributed by atoms with Gasteiger partial charge >= 0.3 is 0 Å². The van der Waals surface area contributed by atoms with Gasteiger partial charge in [0.1, 0.15) is 0 Å². The Hall–Kier alpha value is -3.15. The molecule has 1 aliphatic heterocycles. The third-order valence-corrected chi connectivity index (χ3v) is 5.18. The highest BCUT2D eigenvalue weighted by molar-refractivity contribution is 5.97. The van der Waals surface area contributed by atoms with Crippen LogP contribution >= 0.6 is 0 Å². The highest BCUT2D eigenvalue weighted by atomic mass is 16.5. The summed E-state index contributed by atoms with van der Waals surface area (Å²) in [5.41, 5.74) is 5.19. The van der Waals surface area contributed by atoms with Crippen molar-refractivity contribution in [1.82, 2.24) is 10.1 Å². The fraction of sp³-hybridized carbons (Fsp3) is 0.318. The minimum atomic E-state index is -0.0669. The predicted octanol–water partition coefficient (Wildman–Crippen LogP) is 3.94. The first-order chi connectivity index (χ1) is 13.4. The number of nitrogens with zero attached hydrogens (tertiary/aromatic N) is 4. The molecule has 1 amide bonds. The van der Waals surface area contributed by atoms with Crippen LogP contribution in [-0.2, 0) is 4.79 Å². The van der Waals surface area contributed by atoms with Crippen LogP contribution in [0.5, 0.6) is 0 Å². The molecule has 28 heavy (non-hydrogen) atoms. The molecule has 0 spiro atoms. The van der Waals surface area contributed by atoms with Gasteiger partial charge in [0.2, 0.25) is 5.91 Å². The number of aryl methyl sites for hydroxylation is 2. The maximum absolute atomic E-state index is 12.6. The Bertz CT molecular complexity index is 1020. The van der Waals surface area contributed by atoms with Gasteiger partial charge in [0.05, 0.1) is 0 Å². The van der Waals surface area contributed by atoms with Crippen LogP contribution in [0.1, 0.15) is 29.3 Å². The quantitative estimate of drug-likeness (QED) is 0.690. The Balaban J connectivity index is 1.56. The van der Waals surface area contributed by atoms with E-state index in [0.29, 0.717) is 24.7 Å². The molecule has 1 fully saturated rings. The topological polar surface area (TPSA) is 62.5 Å². The van der Waals surface area contributed by atoms with Crippen molar-refractivity contribution in [2.24, 2.45) is 0 Å². The van der Waals surface area contributed by atoms with E-state index in [0.717, 1.165) is 22.5 Å². The fourth-order valence-electron chi connectivity index (χ4n) is 3.66. The molecule has 1 aliphatic rings. The van der Waals surface area contributed by atoms with Crippen LogP contribution in [0.4, 0.5) is 11.4 Å². The average Bonchev–Trinajstić information content (AvgIpc) is 3.29. The Morgan fingerprint density at radius 2 is 1.96 bits per heavy atom. The first-order valence-electron chi connectivity index (χ1n) is 9.41. The van der Waals surface area contributed by atoms with Gasteiger partial charge in [-0.05, 0) is 43.7 Å². The molecule has 3 aromatic rings. The van der Waals surface area contributed by atoms with Crippen molar-refractivity contribution < 1.29 is 9.32 Å². The molecule has 0 aliphatic carbocycles. The van der Waals surface area contributed by atoms with E-state index in [-0.39, 0.29) is 11.8 Å².